The number of epoxide rings is 1. The van der Waals surface area contributed by atoms with Gasteiger partial charge >= 0.3 is 5.63 Å². The number of hydrogen-bond donors (Lipinski definition) is 0. The van der Waals surface area contributed by atoms with Gasteiger partial charge in [0.2, 0.25) is 0 Å². The van der Waals surface area contributed by atoms with Crippen molar-refractivity contribution in [3.05, 3.63) is 40.8 Å². The summed E-state index contributed by atoms with van der Waals surface area (Å²) in [5, 5.41) is 0.902. The van der Waals surface area contributed by atoms with Gasteiger partial charge in [0.05, 0.1) is 12.2 Å². The third-order valence-electron chi connectivity index (χ3n) is 3.58. The van der Waals surface area contributed by atoms with Gasteiger partial charge in [-0.05, 0) is 18.2 Å². The molecule has 2 aromatic rings. The van der Waals surface area contributed by atoms with Crippen molar-refractivity contribution in [2.45, 2.75) is 31.2 Å². The van der Waals surface area contributed by atoms with E-state index in [1.807, 2.05) is 12.1 Å². The van der Waals surface area contributed by atoms with Gasteiger partial charge in [0, 0.05) is 30.4 Å². The van der Waals surface area contributed by atoms with E-state index in [0.717, 1.165) is 24.0 Å². The Bertz CT molecular complexity index is 650. The zero-order valence-corrected chi connectivity index (χ0v) is 9.67. The van der Waals surface area contributed by atoms with Crippen molar-refractivity contribution in [2.75, 3.05) is 0 Å². The molecule has 4 rings (SSSR count). The van der Waals surface area contributed by atoms with Crippen LogP contribution in [0.4, 0.5) is 0 Å². The standard InChI is InChI=1S/C14H12O4/c15-14-4-2-8-1-3-9(5-11(8)18-14)16-10-6-12-13(7-10)17-12/h1-5,10,12-13H,6-7H2/t10?,12-,13+. The van der Waals surface area contributed by atoms with Crippen LogP contribution in [0.5, 0.6) is 5.75 Å². The van der Waals surface area contributed by atoms with Gasteiger partial charge in [-0.15, -0.1) is 0 Å². The Balaban J connectivity index is 1.62. The predicted octanol–water partition coefficient (Wildman–Crippen LogP) is 2.10. The zero-order valence-electron chi connectivity index (χ0n) is 9.67. The van der Waals surface area contributed by atoms with Crippen LogP contribution in [0.2, 0.25) is 0 Å². The minimum atomic E-state index is -0.338. The first kappa shape index (κ1) is 10.1. The van der Waals surface area contributed by atoms with E-state index in [1.165, 1.54) is 6.07 Å². The fraction of sp³-hybridized carbons (Fsp3) is 0.357. The fourth-order valence-corrected chi connectivity index (χ4v) is 2.61. The molecular weight excluding hydrogens is 232 g/mol. The number of benzene rings is 1. The van der Waals surface area contributed by atoms with Crippen molar-refractivity contribution >= 4 is 11.0 Å². The first-order valence-corrected chi connectivity index (χ1v) is 6.14. The number of hydrogen-bond acceptors (Lipinski definition) is 4. The highest BCUT2D eigenvalue weighted by Crippen LogP contribution is 2.40. The summed E-state index contributed by atoms with van der Waals surface area (Å²) in [7, 11) is 0. The van der Waals surface area contributed by atoms with E-state index in [4.69, 9.17) is 13.9 Å². The van der Waals surface area contributed by atoms with E-state index < -0.39 is 0 Å². The average Bonchev–Trinajstić information content (AvgIpc) is 2.96. The largest absolute Gasteiger partial charge is 0.490 e. The van der Waals surface area contributed by atoms with Crippen LogP contribution in [0.1, 0.15) is 12.8 Å². The van der Waals surface area contributed by atoms with Crippen LogP contribution in [0.25, 0.3) is 11.0 Å². The Morgan fingerprint density at radius 3 is 2.72 bits per heavy atom. The Hall–Kier alpha value is -1.81. The van der Waals surface area contributed by atoms with Gasteiger partial charge < -0.3 is 13.9 Å². The second-order valence-electron chi connectivity index (χ2n) is 4.88. The molecule has 92 valence electrons. The lowest BCUT2D eigenvalue weighted by atomic mass is 10.2. The summed E-state index contributed by atoms with van der Waals surface area (Å²) in [4.78, 5) is 11.2. The molecule has 1 aromatic heterocycles. The molecule has 4 heteroatoms. The van der Waals surface area contributed by atoms with Crippen LogP contribution < -0.4 is 10.4 Å². The molecule has 0 bridgehead atoms. The monoisotopic (exact) mass is 244 g/mol. The third kappa shape index (κ3) is 1.69. The SMILES string of the molecule is O=c1ccc2ccc(OC3C[C@@H]4O[C@@H]4C3)cc2o1. The summed E-state index contributed by atoms with van der Waals surface area (Å²) in [5.41, 5.74) is 0.231. The van der Waals surface area contributed by atoms with E-state index >= 15 is 0 Å². The molecule has 2 fully saturated rings. The second-order valence-corrected chi connectivity index (χ2v) is 4.88. The van der Waals surface area contributed by atoms with Gasteiger partial charge in [0.1, 0.15) is 17.4 Å². The van der Waals surface area contributed by atoms with Gasteiger partial charge in [-0.3, -0.25) is 0 Å². The van der Waals surface area contributed by atoms with Crippen molar-refractivity contribution < 1.29 is 13.9 Å². The van der Waals surface area contributed by atoms with Crippen molar-refractivity contribution in [3.8, 4) is 5.75 Å². The molecule has 2 aliphatic rings. The van der Waals surface area contributed by atoms with Gasteiger partial charge in [-0.25, -0.2) is 4.79 Å². The topological polar surface area (TPSA) is 52.0 Å². The maximum absolute atomic E-state index is 11.2. The lowest BCUT2D eigenvalue weighted by Gasteiger charge is -2.14. The molecule has 0 spiro atoms. The van der Waals surface area contributed by atoms with Crippen molar-refractivity contribution in [1.29, 1.82) is 0 Å². The van der Waals surface area contributed by atoms with E-state index in [-0.39, 0.29) is 11.7 Å². The Morgan fingerprint density at radius 1 is 1.11 bits per heavy atom. The normalized spacial score (nSPS) is 29.2. The Kier molecular flexibility index (Phi) is 2.02. The molecule has 1 saturated carbocycles. The zero-order chi connectivity index (χ0) is 12.1. The highest BCUT2D eigenvalue weighted by molar-refractivity contribution is 5.77. The molecule has 1 aliphatic heterocycles. The van der Waals surface area contributed by atoms with E-state index in [9.17, 15) is 4.79 Å². The average molecular weight is 244 g/mol. The van der Waals surface area contributed by atoms with Gasteiger partial charge in [-0.2, -0.15) is 0 Å². The van der Waals surface area contributed by atoms with Crippen LogP contribution in [0.3, 0.4) is 0 Å². The Labute approximate surface area is 103 Å². The minimum absolute atomic E-state index is 0.224. The Morgan fingerprint density at radius 2 is 1.89 bits per heavy atom. The molecular formula is C14H12O4. The summed E-state index contributed by atoms with van der Waals surface area (Å²) >= 11 is 0. The van der Waals surface area contributed by atoms with Crippen LogP contribution >= 0.6 is 0 Å². The molecule has 1 aliphatic carbocycles. The molecule has 2 heterocycles. The molecule has 0 radical (unpaired) electrons. The lowest BCUT2D eigenvalue weighted by molar-refractivity contribution is 0.150. The van der Waals surface area contributed by atoms with E-state index in [0.29, 0.717) is 17.8 Å². The molecule has 18 heavy (non-hydrogen) atoms. The molecule has 1 aromatic carbocycles. The summed E-state index contributed by atoms with van der Waals surface area (Å²) in [6.45, 7) is 0. The first-order valence-electron chi connectivity index (χ1n) is 6.14. The minimum Gasteiger partial charge on any atom is -0.490 e. The second kappa shape index (κ2) is 3.59. The van der Waals surface area contributed by atoms with Crippen LogP contribution in [-0.2, 0) is 4.74 Å². The van der Waals surface area contributed by atoms with Crippen molar-refractivity contribution in [3.63, 3.8) is 0 Å². The van der Waals surface area contributed by atoms with Crippen LogP contribution in [-0.4, -0.2) is 18.3 Å². The number of fused-ring (bicyclic) bond motifs is 2. The lowest BCUT2D eigenvalue weighted by Crippen LogP contribution is -2.15. The highest BCUT2D eigenvalue weighted by atomic mass is 16.6. The van der Waals surface area contributed by atoms with Crippen LogP contribution in [0, 0.1) is 0 Å². The predicted molar refractivity (Wildman–Crippen MR) is 64.8 cm³/mol. The summed E-state index contributed by atoms with van der Waals surface area (Å²) in [6, 6.07) is 8.77. The molecule has 0 N–H and O–H groups in total. The summed E-state index contributed by atoms with van der Waals surface area (Å²) < 4.78 is 16.4. The van der Waals surface area contributed by atoms with E-state index in [1.54, 1.807) is 12.1 Å². The maximum Gasteiger partial charge on any atom is 0.336 e. The fourth-order valence-electron chi connectivity index (χ4n) is 2.61. The third-order valence-corrected chi connectivity index (χ3v) is 3.58. The molecule has 3 atom stereocenters. The summed E-state index contributed by atoms with van der Waals surface area (Å²) in [5.74, 6) is 0.753. The first-order chi connectivity index (χ1) is 8.78. The van der Waals surface area contributed by atoms with Gasteiger partial charge in [-0.1, -0.05) is 0 Å². The van der Waals surface area contributed by atoms with Gasteiger partial charge in [0.15, 0.2) is 0 Å². The van der Waals surface area contributed by atoms with Crippen LogP contribution in [0.15, 0.2) is 39.5 Å². The smallest absolute Gasteiger partial charge is 0.336 e. The molecule has 1 saturated heterocycles. The summed E-state index contributed by atoms with van der Waals surface area (Å²) in [6.07, 6.45) is 2.96. The highest BCUT2D eigenvalue weighted by Gasteiger charge is 2.49. The van der Waals surface area contributed by atoms with Crippen molar-refractivity contribution in [2.24, 2.45) is 0 Å². The molecule has 0 amide bonds. The van der Waals surface area contributed by atoms with E-state index in [2.05, 4.69) is 0 Å². The number of ether oxygens (including phenoxy) is 2. The molecule has 4 nitrogen and oxygen atoms in total. The number of rotatable bonds is 2. The quantitative estimate of drug-likeness (QED) is 0.599. The van der Waals surface area contributed by atoms with Crippen molar-refractivity contribution in [1.82, 2.24) is 0 Å². The maximum atomic E-state index is 11.2. The molecule has 1 unspecified atom stereocenters. The van der Waals surface area contributed by atoms with Gasteiger partial charge in [0.25, 0.3) is 0 Å².